The van der Waals surface area contributed by atoms with Gasteiger partial charge in [0, 0.05) is 28.9 Å². The maximum Gasteiger partial charge on any atom is 0.260 e. The van der Waals surface area contributed by atoms with Crippen LogP contribution in [0.5, 0.6) is 0 Å². The van der Waals surface area contributed by atoms with Crippen LogP contribution in [0.1, 0.15) is 49.1 Å². The summed E-state index contributed by atoms with van der Waals surface area (Å²) >= 11 is 0. The van der Waals surface area contributed by atoms with E-state index in [4.69, 9.17) is 4.74 Å². The Hall–Kier alpha value is -2.59. The number of benzene rings is 2. The van der Waals surface area contributed by atoms with E-state index in [1.54, 1.807) is 0 Å². The zero-order valence-corrected chi connectivity index (χ0v) is 16.2. The highest BCUT2D eigenvalue weighted by molar-refractivity contribution is 6.36. The van der Waals surface area contributed by atoms with Crippen molar-refractivity contribution in [2.45, 2.75) is 33.3 Å². The third-order valence-electron chi connectivity index (χ3n) is 5.60. The van der Waals surface area contributed by atoms with E-state index in [2.05, 4.69) is 49.2 Å². The highest BCUT2D eigenvalue weighted by Crippen LogP contribution is 2.45. The van der Waals surface area contributed by atoms with Crippen LogP contribution < -0.4 is 5.32 Å². The number of para-hydroxylation sites is 1. The molecule has 0 radical (unpaired) electrons. The molecule has 0 bridgehead atoms. The molecule has 27 heavy (non-hydrogen) atoms. The van der Waals surface area contributed by atoms with Gasteiger partial charge in [0.2, 0.25) is 0 Å². The van der Waals surface area contributed by atoms with E-state index in [1.165, 1.54) is 11.1 Å². The Kier molecular flexibility index (Phi) is 4.75. The number of fused-ring (bicyclic) bond motifs is 2. The molecule has 4 heteroatoms. The molecule has 4 rings (SSSR count). The molecule has 1 N–H and O–H groups in total. The van der Waals surface area contributed by atoms with Crippen LogP contribution in [0.15, 0.2) is 42.5 Å². The standard InChI is InChI=1S/C23H26N2O2/c1-4-25(5-2)13-12-16-10-11-17-19(14-16)15(3)27-22(17)21-18-8-6-7-9-20(18)24-23(21)26/h6-11,14-15H,4-5,12-13H2,1-3H3,(H,24,26)/b22-21+. The van der Waals surface area contributed by atoms with Crippen LogP contribution >= 0.6 is 0 Å². The van der Waals surface area contributed by atoms with Gasteiger partial charge in [0.15, 0.2) is 0 Å². The van der Waals surface area contributed by atoms with Gasteiger partial charge in [0.1, 0.15) is 11.9 Å². The molecule has 1 amide bonds. The second-order valence-electron chi connectivity index (χ2n) is 7.16. The molecule has 2 aliphatic rings. The molecule has 1 unspecified atom stereocenters. The third-order valence-corrected chi connectivity index (χ3v) is 5.60. The fourth-order valence-electron chi connectivity index (χ4n) is 3.98. The van der Waals surface area contributed by atoms with Crippen molar-refractivity contribution >= 4 is 22.9 Å². The smallest absolute Gasteiger partial charge is 0.260 e. The van der Waals surface area contributed by atoms with Gasteiger partial charge in [0.05, 0.1) is 5.57 Å². The molecule has 0 saturated heterocycles. The number of hydrogen-bond acceptors (Lipinski definition) is 3. The zero-order valence-electron chi connectivity index (χ0n) is 16.2. The number of nitrogens with zero attached hydrogens (tertiary/aromatic N) is 1. The van der Waals surface area contributed by atoms with Gasteiger partial charge in [-0.15, -0.1) is 0 Å². The third kappa shape index (κ3) is 3.15. The van der Waals surface area contributed by atoms with Crippen LogP contribution in [-0.4, -0.2) is 30.4 Å². The van der Waals surface area contributed by atoms with Crippen molar-refractivity contribution in [3.63, 3.8) is 0 Å². The summed E-state index contributed by atoms with van der Waals surface area (Å²) in [5.74, 6) is 0.618. The maximum absolute atomic E-state index is 12.6. The molecule has 2 aromatic rings. The first-order chi connectivity index (χ1) is 13.1. The molecule has 0 saturated carbocycles. The van der Waals surface area contributed by atoms with E-state index < -0.39 is 0 Å². The minimum absolute atomic E-state index is 0.0449. The van der Waals surface area contributed by atoms with E-state index in [0.29, 0.717) is 11.3 Å². The van der Waals surface area contributed by atoms with Gasteiger partial charge in [-0.1, -0.05) is 50.2 Å². The van der Waals surface area contributed by atoms with Crippen molar-refractivity contribution in [1.82, 2.24) is 4.90 Å². The van der Waals surface area contributed by atoms with Crippen molar-refractivity contribution in [1.29, 1.82) is 0 Å². The average Bonchev–Trinajstić information content (AvgIpc) is 3.18. The van der Waals surface area contributed by atoms with Crippen molar-refractivity contribution in [2.75, 3.05) is 25.0 Å². The number of hydrogen-bond donors (Lipinski definition) is 1. The second-order valence-corrected chi connectivity index (χ2v) is 7.16. The molecule has 0 spiro atoms. The van der Waals surface area contributed by atoms with Crippen LogP contribution in [0.2, 0.25) is 0 Å². The van der Waals surface area contributed by atoms with Crippen molar-refractivity contribution in [3.8, 4) is 0 Å². The van der Waals surface area contributed by atoms with Crippen LogP contribution in [0.25, 0.3) is 11.3 Å². The van der Waals surface area contributed by atoms with Gasteiger partial charge in [-0.05, 0) is 38.1 Å². The molecule has 2 heterocycles. The lowest BCUT2D eigenvalue weighted by Gasteiger charge is -2.18. The lowest BCUT2D eigenvalue weighted by molar-refractivity contribution is -0.110. The summed E-state index contributed by atoms with van der Waals surface area (Å²) in [6, 6.07) is 14.3. The SMILES string of the molecule is CCN(CC)CCc1ccc2c(c1)C(C)O/C2=C1/C(=O)Nc2ccccc21. The molecule has 4 nitrogen and oxygen atoms in total. The van der Waals surface area contributed by atoms with Gasteiger partial charge >= 0.3 is 0 Å². The monoisotopic (exact) mass is 362 g/mol. The van der Waals surface area contributed by atoms with Gasteiger partial charge in [-0.3, -0.25) is 4.79 Å². The number of carbonyl (C=O) groups is 1. The van der Waals surface area contributed by atoms with Crippen molar-refractivity contribution < 1.29 is 9.53 Å². The highest BCUT2D eigenvalue weighted by atomic mass is 16.5. The fourth-order valence-corrected chi connectivity index (χ4v) is 3.98. The molecule has 140 valence electrons. The largest absolute Gasteiger partial charge is 0.484 e. The Morgan fingerprint density at radius 1 is 1.07 bits per heavy atom. The first kappa shape index (κ1) is 17.8. The molecule has 0 aliphatic carbocycles. The normalized spacial score (nSPS) is 20.4. The van der Waals surface area contributed by atoms with E-state index >= 15 is 0 Å². The van der Waals surface area contributed by atoms with E-state index in [-0.39, 0.29) is 12.0 Å². The van der Waals surface area contributed by atoms with Crippen LogP contribution in [0, 0.1) is 0 Å². The maximum atomic E-state index is 12.6. The Labute approximate surface area is 160 Å². The van der Waals surface area contributed by atoms with Crippen molar-refractivity contribution in [2.24, 2.45) is 0 Å². The van der Waals surface area contributed by atoms with Gasteiger partial charge in [0.25, 0.3) is 5.91 Å². The van der Waals surface area contributed by atoms with Crippen LogP contribution in [0.3, 0.4) is 0 Å². The van der Waals surface area contributed by atoms with Gasteiger partial charge in [-0.2, -0.15) is 0 Å². The second kappa shape index (κ2) is 7.20. The summed E-state index contributed by atoms with van der Waals surface area (Å²) < 4.78 is 6.17. The molecular formula is C23H26N2O2. The number of amides is 1. The summed E-state index contributed by atoms with van der Waals surface area (Å²) in [6.45, 7) is 9.66. The molecule has 2 aliphatic heterocycles. The molecular weight excluding hydrogens is 336 g/mol. The number of anilines is 1. The highest BCUT2D eigenvalue weighted by Gasteiger charge is 2.34. The van der Waals surface area contributed by atoms with E-state index in [0.717, 1.165) is 42.9 Å². The summed E-state index contributed by atoms with van der Waals surface area (Å²) in [5.41, 5.74) is 5.95. The zero-order chi connectivity index (χ0) is 19.0. The fraction of sp³-hybridized carbons (Fsp3) is 0.348. The molecule has 0 fully saturated rings. The first-order valence-corrected chi connectivity index (χ1v) is 9.79. The van der Waals surface area contributed by atoms with Crippen molar-refractivity contribution in [3.05, 3.63) is 64.7 Å². The summed E-state index contributed by atoms with van der Waals surface area (Å²) in [4.78, 5) is 15.0. The topological polar surface area (TPSA) is 41.6 Å². The lowest BCUT2D eigenvalue weighted by Crippen LogP contribution is -2.25. The Morgan fingerprint density at radius 3 is 2.63 bits per heavy atom. The van der Waals surface area contributed by atoms with E-state index in [1.807, 2.05) is 24.3 Å². The van der Waals surface area contributed by atoms with Crippen LogP contribution in [-0.2, 0) is 16.0 Å². The average molecular weight is 362 g/mol. The van der Waals surface area contributed by atoms with Crippen LogP contribution in [0.4, 0.5) is 5.69 Å². The Balaban J connectivity index is 1.69. The number of rotatable bonds is 5. The van der Waals surface area contributed by atoms with Gasteiger partial charge in [-0.25, -0.2) is 0 Å². The Morgan fingerprint density at radius 2 is 1.85 bits per heavy atom. The number of ether oxygens (including phenoxy) is 1. The van der Waals surface area contributed by atoms with E-state index in [9.17, 15) is 4.79 Å². The summed E-state index contributed by atoms with van der Waals surface area (Å²) in [7, 11) is 0. The Bertz CT molecular complexity index is 912. The quantitative estimate of drug-likeness (QED) is 0.797. The summed E-state index contributed by atoms with van der Waals surface area (Å²) in [6.07, 6.45) is 0.980. The molecule has 2 aromatic carbocycles. The molecule has 0 aromatic heterocycles. The number of likely N-dealkylation sites (N-methyl/N-ethyl adjacent to an activating group) is 1. The minimum atomic E-state index is -0.0862. The summed E-state index contributed by atoms with van der Waals surface area (Å²) in [5, 5.41) is 2.94. The predicted molar refractivity (Wildman–Crippen MR) is 109 cm³/mol. The lowest BCUT2D eigenvalue weighted by atomic mass is 9.96. The first-order valence-electron chi connectivity index (χ1n) is 9.79. The minimum Gasteiger partial charge on any atom is -0.484 e. The number of nitrogens with one attached hydrogen (secondary N) is 1. The number of carbonyl (C=O) groups excluding carboxylic acids is 1. The predicted octanol–water partition coefficient (Wildman–Crippen LogP) is 4.48. The molecule has 1 atom stereocenters. The van der Waals surface area contributed by atoms with Gasteiger partial charge < -0.3 is 15.0 Å².